The molecule has 0 radical (unpaired) electrons. The molecule has 2 aromatic rings. The molecule has 1 aromatic carbocycles. The van der Waals surface area contributed by atoms with Gasteiger partial charge in [-0.3, -0.25) is 0 Å². The lowest BCUT2D eigenvalue weighted by Crippen LogP contribution is -1.70. The van der Waals surface area contributed by atoms with Crippen molar-refractivity contribution < 1.29 is 0 Å². The monoisotopic (exact) mass is 178 g/mol. The summed E-state index contributed by atoms with van der Waals surface area (Å²) in [4.78, 5) is 7.30. The van der Waals surface area contributed by atoms with E-state index >= 15 is 0 Å². The molecule has 0 saturated heterocycles. The van der Waals surface area contributed by atoms with Gasteiger partial charge in [0.15, 0.2) is 0 Å². The van der Waals surface area contributed by atoms with Crippen molar-refractivity contribution in [3.63, 3.8) is 0 Å². The van der Waals surface area contributed by atoms with Crippen LogP contribution in [0.3, 0.4) is 0 Å². The van der Waals surface area contributed by atoms with Crippen LogP contribution in [0.2, 0.25) is 5.02 Å². The zero-order valence-electron chi connectivity index (χ0n) is 6.34. The Morgan fingerprint density at radius 2 is 2.33 bits per heavy atom. The number of nitrogens with one attached hydrogen (secondary N) is 1. The van der Waals surface area contributed by atoms with E-state index in [0.717, 1.165) is 16.9 Å². The fraction of sp³-hybridized carbons (Fsp3) is 0. The minimum Gasteiger partial charge on any atom is -0.338 e. The number of aromatic nitrogens is 2. The minimum atomic E-state index is 0.664. The lowest BCUT2D eigenvalue weighted by molar-refractivity contribution is 1.29. The van der Waals surface area contributed by atoms with Crippen LogP contribution in [0.1, 0.15) is 5.82 Å². The van der Waals surface area contributed by atoms with Crippen molar-refractivity contribution in [3.05, 3.63) is 35.6 Å². The molecule has 0 aliphatic carbocycles. The first kappa shape index (κ1) is 7.37. The Morgan fingerprint density at radius 3 is 3.00 bits per heavy atom. The summed E-state index contributed by atoms with van der Waals surface area (Å²) < 4.78 is 0. The maximum absolute atomic E-state index is 5.91. The molecule has 0 unspecified atom stereocenters. The molecule has 2 nitrogen and oxygen atoms in total. The molecule has 0 saturated carbocycles. The third-order valence-electron chi connectivity index (χ3n) is 1.68. The quantitative estimate of drug-likeness (QED) is 0.715. The number of benzene rings is 1. The summed E-state index contributed by atoms with van der Waals surface area (Å²) in [6.45, 7) is 3.62. The van der Waals surface area contributed by atoms with Crippen LogP contribution in [-0.2, 0) is 0 Å². The first-order valence-corrected chi connectivity index (χ1v) is 3.96. The highest BCUT2D eigenvalue weighted by Crippen LogP contribution is 2.20. The summed E-state index contributed by atoms with van der Waals surface area (Å²) in [5, 5.41) is 0.664. The van der Waals surface area contributed by atoms with Gasteiger partial charge < -0.3 is 4.98 Å². The second-order valence-electron chi connectivity index (χ2n) is 2.46. The van der Waals surface area contributed by atoms with Crippen molar-refractivity contribution in [2.24, 2.45) is 0 Å². The van der Waals surface area contributed by atoms with E-state index in [-0.39, 0.29) is 0 Å². The number of para-hydroxylation sites is 1. The Labute approximate surface area is 74.9 Å². The van der Waals surface area contributed by atoms with Crippen LogP contribution < -0.4 is 0 Å². The van der Waals surface area contributed by atoms with Crippen LogP contribution in [0.5, 0.6) is 0 Å². The number of rotatable bonds is 1. The average molecular weight is 179 g/mol. The van der Waals surface area contributed by atoms with E-state index in [9.17, 15) is 0 Å². The van der Waals surface area contributed by atoms with E-state index in [2.05, 4.69) is 16.5 Å². The van der Waals surface area contributed by atoms with Gasteiger partial charge in [0, 0.05) is 0 Å². The van der Waals surface area contributed by atoms with Gasteiger partial charge in [-0.2, -0.15) is 0 Å². The predicted octanol–water partition coefficient (Wildman–Crippen LogP) is 2.86. The summed E-state index contributed by atoms with van der Waals surface area (Å²) >= 11 is 5.91. The SMILES string of the molecule is C=Cc1nc2c(Cl)cccc2[nH]1. The van der Waals surface area contributed by atoms with E-state index < -0.39 is 0 Å². The van der Waals surface area contributed by atoms with E-state index in [1.54, 1.807) is 6.08 Å². The van der Waals surface area contributed by atoms with Crippen LogP contribution >= 0.6 is 11.6 Å². The highest BCUT2D eigenvalue weighted by molar-refractivity contribution is 6.34. The van der Waals surface area contributed by atoms with Gasteiger partial charge in [0.1, 0.15) is 11.3 Å². The average Bonchev–Trinajstić information content (AvgIpc) is 2.49. The van der Waals surface area contributed by atoms with Gasteiger partial charge in [0.2, 0.25) is 0 Å². The maximum Gasteiger partial charge on any atom is 0.130 e. The Hall–Kier alpha value is -1.28. The molecule has 60 valence electrons. The van der Waals surface area contributed by atoms with Crippen LogP contribution in [0.4, 0.5) is 0 Å². The third-order valence-corrected chi connectivity index (χ3v) is 1.98. The van der Waals surface area contributed by atoms with Crippen molar-refractivity contribution in [2.75, 3.05) is 0 Å². The number of aromatic amines is 1. The van der Waals surface area contributed by atoms with E-state index in [1.807, 2.05) is 18.2 Å². The summed E-state index contributed by atoms with van der Waals surface area (Å²) in [7, 11) is 0. The van der Waals surface area contributed by atoms with Crippen LogP contribution in [0, 0.1) is 0 Å². The Bertz CT molecular complexity index is 431. The van der Waals surface area contributed by atoms with Crippen LogP contribution in [0.25, 0.3) is 17.1 Å². The summed E-state index contributed by atoms with van der Waals surface area (Å²) in [5.41, 5.74) is 1.74. The molecule has 3 heteroatoms. The topological polar surface area (TPSA) is 28.7 Å². The lowest BCUT2D eigenvalue weighted by atomic mass is 10.3. The number of imidazole rings is 1. The summed E-state index contributed by atoms with van der Waals surface area (Å²) in [6, 6.07) is 5.63. The molecule has 12 heavy (non-hydrogen) atoms. The van der Waals surface area contributed by atoms with Gasteiger partial charge >= 0.3 is 0 Å². The number of hydrogen-bond acceptors (Lipinski definition) is 1. The van der Waals surface area contributed by atoms with Crippen LogP contribution in [0.15, 0.2) is 24.8 Å². The number of nitrogens with zero attached hydrogens (tertiary/aromatic N) is 1. The van der Waals surface area contributed by atoms with E-state index in [4.69, 9.17) is 11.6 Å². The Morgan fingerprint density at radius 1 is 1.50 bits per heavy atom. The first-order chi connectivity index (χ1) is 5.81. The molecule has 0 aliphatic rings. The molecule has 0 bridgehead atoms. The van der Waals surface area contributed by atoms with Gasteiger partial charge in [0.25, 0.3) is 0 Å². The maximum atomic E-state index is 5.91. The second-order valence-corrected chi connectivity index (χ2v) is 2.87. The van der Waals surface area contributed by atoms with Crippen molar-refractivity contribution in [3.8, 4) is 0 Å². The highest BCUT2D eigenvalue weighted by Gasteiger charge is 2.02. The first-order valence-electron chi connectivity index (χ1n) is 3.58. The normalized spacial score (nSPS) is 10.4. The molecular formula is C9H7ClN2. The largest absolute Gasteiger partial charge is 0.338 e. The standard InChI is InChI=1S/C9H7ClN2/c1-2-8-11-7-5-3-4-6(10)9(7)12-8/h2-5H,1H2,(H,11,12). The molecule has 0 atom stereocenters. The number of halogens is 1. The molecule has 0 aliphatic heterocycles. The van der Waals surface area contributed by atoms with Crippen molar-refractivity contribution >= 4 is 28.7 Å². The van der Waals surface area contributed by atoms with E-state index in [0.29, 0.717) is 5.02 Å². The Kier molecular flexibility index (Phi) is 1.62. The molecule has 0 spiro atoms. The Balaban J connectivity index is 2.82. The van der Waals surface area contributed by atoms with Gasteiger partial charge in [-0.05, 0) is 18.2 Å². The predicted molar refractivity (Wildman–Crippen MR) is 51.2 cm³/mol. The smallest absolute Gasteiger partial charge is 0.130 e. The molecule has 1 heterocycles. The van der Waals surface area contributed by atoms with Crippen molar-refractivity contribution in [2.45, 2.75) is 0 Å². The lowest BCUT2D eigenvalue weighted by Gasteiger charge is -1.88. The van der Waals surface area contributed by atoms with Crippen LogP contribution in [-0.4, -0.2) is 9.97 Å². The van der Waals surface area contributed by atoms with E-state index in [1.165, 1.54) is 0 Å². The van der Waals surface area contributed by atoms with Gasteiger partial charge in [-0.25, -0.2) is 4.98 Å². The summed E-state index contributed by atoms with van der Waals surface area (Å²) in [6.07, 6.45) is 1.66. The molecule has 1 N–H and O–H groups in total. The minimum absolute atomic E-state index is 0.664. The van der Waals surface area contributed by atoms with Gasteiger partial charge in [0.05, 0.1) is 10.5 Å². The molecule has 0 fully saturated rings. The van der Waals surface area contributed by atoms with Crippen molar-refractivity contribution in [1.29, 1.82) is 0 Å². The number of fused-ring (bicyclic) bond motifs is 1. The molecule has 0 amide bonds. The molecule has 1 aromatic heterocycles. The van der Waals surface area contributed by atoms with Gasteiger partial charge in [-0.15, -0.1) is 0 Å². The fourth-order valence-corrected chi connectivity index (χ4v) is 1.33. The zero-order chi connectivity index (χ0) is 8.55. The van der Waals surface area contributed by atoms with Gasteiger partial charge in [-0.1, -0.05) is 24.2 Å². The molecule has 2 rings (SSSR count). The number of H-pyrrole nitrogens is 1. The fourth-order valence-electron chi connectivity index (χ4n) is 1.11. The highest BCUT2D eigenvalue weighted by atomic mass is 35.5. The zero-order valence-corrected chi connectivity index (χ0v) is 7.10. The summed E-state index contributed by atoms with van der Waals surface area (Å²) in [5.74, 6) is 0.748. The second kappa shape index (κ2) is 2.64. The number of hydrogen-bond donors (Lipinski definition) is 1. The van der Waals surface area contributed by atoms with Crippen molar-refractivity contribution in [1.82, 2.24) is 9.97 Å². The molecular weight excluding hydrogens is 172 g/mol. The third kappa shape index (κ3) is 1.01.